The third-order valence-corrected chi connectivity index (χ3v) is 8.08. The summed E-state index contributed by atoms with van der Waals surface area (Å²) < 4.78 is 29.3. The van der Waals surface area contributed by atoms with E-state index in [9.17, 15) is 18.0 Å². The standard InChI is InChI=1S/C26H28IN3O4S/c1-19-8-7-9-21(16-19)17-29(20(2)26(32)28-3)25(31)18-30(23-14-12-22(27)13-15-23)35(33,34)24-10-5-4-6-11-24/h4-16,20H,17-18H2,1-3H3,(H,28,32)/t20-/m1/s1. The lowest BCUT2D eigenvalue weighted by Gasteiger charge is -2.31. The number of benzene rings is 3. The van der Waals surface area contributed by atoms with E-state index in [1.165, 1.54) is 24.1 Å². The van der Waals surface area contributed by atoms with Gasteiger partial charge in [0.05, 0.1) is 10.6 Å². The lowest BCUT2D eigenvalue weighted by Crippen LogP contribution is -2.50. The quantitative estimate of drug-likeness (QED) is 0.375. The number of nitrogens with one attached hydrogen (secondary N) is 1. The Labute approximate surface area is 220 Å². The highest BCUT2D eigenvalue weighted by atomic mass is 127. The third kappa shape index (κ3) is 6.61. The monoisotopic (exact) mass is 605 g/mol. The Morgan fingerprint density at radius 3 is 2.23 bits per heavy atom. The molecule has 35 heavy (non-hydrogen) atoms. The first-order chi connectivity index (χ1) is 16.6. The number of halogens is 1. The number of sulfonamides is 1. The molecule has 0 bridgehead atoms. The Bertz CT molecular complexity index is 1280. The summed E-state index contributed by atoms with van der Waals surface area (Å²) in [6.07, 6.45) is 0. The summed E-state index contributed by atoms with van der Waals surface area (Å²) in [6.45, 7) is 3.29. The summed E-state index contributed by atoms with van der Waals surface area (Å²) in [5, 5.41) is 2.58. The Morgan fingerprint density at radius 1 is 0.971 bits per heavy atom. The fourth-order valence-electron chi connectivity index (χ4n) is 3.65. The summed E-state index contributed by atoms with van der Waals surface area (Å²) in [6, 6.07) is 21.8. The summed E-state index contributed by atoms with van der Waals surface area (Å²) in [5.41, 5.74) is 2.24. The zero-order valence-corrected chi connectivity index (χ0v) is 22.8. The third-order valence-electron chi connectivity index (χ3n) is 5.57. The number of likely N-dealkylation sites (N-methyl/N-ethyl adjacent to an activating group) is 1. The highest BCUT2D eigenvalue weighted by Crippen LogP contribution is 2.25. The predicted octanol–water partition coefficient (Wildman–Crippen LogP) is 3.96. The van der Waals surface area contributed by atoms with E-state index in [1.54, 1.807) is 49.4 Å². The highest BCUT2D eigenvalue weighted by Gasteiger charge is 2.32. The number of hydrogen-bond acceptors (Lipinski definition) is 4. The molecule has 0 radical (unpaired) electrons. The van der Waals surface area contributed by atoms with E-state index >= 15 is 0 Å². The van der Waals surface area contributed by atoms with E-state index in [1.807, 2.05) is 31.2 Å². The Kier molecular flexibility index (Phi) is 8.90. The van der Waals surface area contributed by atoms with Gasteiger partial charge in [-0.05, 0) is 78.4 Å². The fourth-order valence-corrected chi connectivity index (χ4v) is 5.45. The van der Waals surface area contributed by atoms with Crippen LogP contribution in [0, 0.1) is 10.5 Å². The van der Waals surface area contributed by atoms with Crippen molar-refractivity contribution in [3.05, 3.63) is 93.6 Å². The van der Waals surface area contributed by atoms with Crippen LogP contribution in [0.25, 0.3) is 0 Å². The molecule has 0 fully saturated rings. The van der Waals surface area contributed by atoms with Gasteiger partial charge in [0.15, 0.2) is 0 Å². The van der Waals surface area contributed by atoms with Gasteiger partial charge < -0.3 is 10.2 Å². The van der Waals surface area contributed by atoms with Gasteiger partial charge in [-0.1, -0.05) is 48.0 Å². The van der Waals surface area contributed by atoms with Crippen molar-refractivity contribution in [2.45, 2.75) is 31.3 Å². The van der Waals surface area contributed by atoms with Crippen LogP contribution in [0.3, 0.4) is 0 Å². The second-order valence-electron chi connectivity index (χ2n) is 8.10. The molecule has 0 spiro atoms. The van der Waals surface area contributed by atoms with E-state index in [2.05, 4.69) is 27.9 Å². The van der Waals surface area contributed by atoms with Gasteiger partial charge in [-0.15, -0.1) is 0 Å². The number of carbonyl (C=O) groups is 2. The van der Waals surface area contributed by atoms with Gasteiger partial charge in [0.1, 0.15) is 12.6 Å². The first kappa shape index (κ1) is 26.7. The lowest BCUT2D eigenvalue weighted by molar-refractivity contribution is -0.139. The zero-order valence-electron chi connectivity index (χ0n) is 19.8. The van der Waals surface area contributed by atoms with Crippen LogP contribution in [0.5, 0.6) is 0 Å². The number of anilines is 1. The molecule has 0 saturated heterocycles. The summed E-state index contributed by atoms with van der Waals surface area (Å²) >= 11 is 2.14. The smallest absolute Gasteiger partial charge is 0.264 e. The SMILES string of the molecule is CNC(=O)[C@@H](C)N(Cc1cccc(C)c1)C(=O)CN(c1ccc(I)cc1)S(=O)(=O)c1ccccc1. The van der Waals surface area contributed by atoms with Crippen LogP contribution >= 0.6 is 22.6 Å². The lowest BCUT2D eigenvalue weighted by atomic mass is 10.1. The van der Waals surface area contributed by atoms with Crippen LogP contribution in [-0.2, 0) is 26.2 Å². The largest absolute Gasteiger partial charge is 0.357 e. The van der Waals surface area contributed by atoms with Gasteiger partial charge in [0.2, 0.25) is 11.8 Å². The minimum atomic E-state index is -4.04. The van der Waals surface area contributed by atoms with Crippen molar-refractivity contribution in [3.8, 4) is 0 Å². The summed E-state index contributed by atoms with van der Waals surface area (Å²) in [4.78, 5) is 27.6. The molecule has 7 nitrogen and oxygen atoms in total. The van der Waals surface area contributed by atoms with Gasteiger partial charge in [-0.2, -0.15) is 0 Å². The maximum absolute atomic E-state index is 13.7. The molecule has 1 atom stereocenters. The van der Waals surface area contributed by atoms with Crippen LogP contribution in [-0.4, -0.2) is 44.8 Å². The van der Waals surface area contributed by atoms with Crippen molar-refractivity contribution in [3.63, 3.8) is 0 Å². The molecule has 0 aliphatic carbocycles. The van der Waals surface area contributed by atoms with E-state index in [-0.39, 0.29) is 17.3 Å². The van der Waals surface area contributed by atoms with Gasteiger partial charge in [-0.25, -0.2) is 8.42 Å². The molecule has 3 aromatic carbocycles. The molecule has 0 saturated carbocycles. The molecule has 3 aromatic rings. The average Bonchev–Trinajstić information content (AvgIpc) is 2.86. The Hall–Kier alpha value is -2.92. The van der Waals surface area contributed by atoms with Gasteiger partial charge in [-0.3, -0.25) is 13.9 Å². The first-order valence-electron chi connectivity index (χ1n) is 11.0. The maximum Gasteiger partial charge on any atom is 0.264 e. The molecular weight excluding hydrogens is 577 g/mol. The van der Waals surface area contributed by atoms with Crippen molar-refractivity contribution in [1.82, 2.24) is 10.2 Å². The predicted molar refractivity (Wildman–Crippen MR) is 145 cm³/mol. The average molecular weight is 605 g/mol. The first-order valence-corrected chi connectivity index (χ1v) is 13.6. The van der Waals surface area contributed by atoms with Gasteiger partial charge >= 0.3 is 0 Å². The number of amides is 2. The highest BCUT2D eigenvalue weighted by molar-refractivity contribution is 14.1. The second-order valence-corrected chi connectivity index (χ2v) is 11.2. The van der Waals surface area contributed by atoms with Crippen LogP contribution in [0.15, 0.2) is 83.8 Å². The van der Waals surface area contributed by atoms with Crippen molar-refractivity contribution in [1.29, 1.82) is 0 Å². The van der Waals surface area contributed by atoms with Gasteiger partial charge in [0, 0.05) is 17.2 Å². The van der Waals surface area contributed by atoms with E-state index < -0.39 is 28.5 Å². The van der Waals surface area contributed by atoms with Crippen LogP contribution in [0.1, 0.15) is 18.1 Å². The molecule has 3 rings (SSSR count). The van der Waals surface area contributed by atoms with Crippen molar-refractivity contribution in [2.75, 3.05) is 17.9 Å². The summed E-state index contributed by atoms with van der Waals surface area (Å²) in [7, 11) is -2.54. The van der Waals surface area contributed by atoms with Crippen LogP contribution in [0.2, 0.25) is 0 Å². The number of rotatable bonds is 9. The van der Waals surface area contributed by atoms with Crippen LogP contribution < -0.4 is 9.62 Å². The molecule has 0 aromatic heterocycles. The number of hydrogen-bond donors (Lipinski definition) is 1. The van der Waals surface area contributed by atoms with E-state index in [4.69, 9.17) is 0 Å². The molecule has 2 amide bonds. The summed E-state index contributed by atoms with van der Waals surface area (Å²) in [5.74, 6) is -0.821. The van der Waals surface area contributed by atoms with Gasteiger partial charge in [0.25, 0.3) is 10.0 Å². The minimum absolute atomic E-state index is 0.0796. The molecule has 0 aliphatic heterocycles. The molecule has 1 N–H and O–H groups in total. The molecule has 184 valence electrons. The normalized spacial score (nSPS) is 12.0. The van der Waals surface area contributed by atoms with Crippen molar-refractivity contribution < 1.29 is 18.0 Å². The number of nitrogens with zero attached hydrogens (tertiary/aromatic N) is 2. The molecule has 0 heterocycles. The molecular formula is C26H28IN3O4S. The molecule has 9 heteroatoms. The zero-order chi connectivity index (χ0) is 25.6. The van der Waals surface area contributed by atoms with Crippen LogP contribution in [0.4, 0.5) is 5.69 Å². The Balaban J connectivity index is 2.01. The second kappa shape index (κ2) is 11.7. The number of carbonyl (C=O) groups excluding carboxylic acids is 2. The van der Waals surface area contributed by atoms with Crippen molar-refractivity contribution in [2.24, 2.45) is 0 Å². The van der Waals surface area contributed by atoms with Crippen molar-refractivity contribution >= 4 is 50.1 Å². The topological polar surface area (TPSA) is 86.8 Å². The Morgan fingerprint density at radius 2 is 1.63 bits per heavy atom. The number of aryl methyl sites for hydroxylation is 1. The molecule has 0 unspecified atom stereocenters. The van der Waals surface area contributed by atoms with E-state index in [0.717, 1.165) is 19.0 Å². The van der Waals surface area contributed by atoms with E-state index in [0.29, 0.717) is 5.69 Å². The fraction of sp³-hybridized carbons (Fsp3) is 0.231. The minimum Gasteiger partial charge on any atom is -0.357 e. The molecule has 0 aliphatic rings. The maximum atomic E-state index is 13.7.